The first kappa shape index (κ1) is 28.1. The van der Waals surface area contributed by atoms with Crippen LogP contribution in [0.25, 0.3) is 0 Å². The number of cyclic esters (lactones) is 1. The number of amides is 2. The summed E-state index contributed by atoms with van der Waals surface area (Å²) in [6.07, 6.45) is 6.62. The van der Waals surface area contributed by atoms with Crippen molar-refractivity contribution in [3.8, 4) is 0 Å². The van der Waals surface area contributed by atoms with E-state index in [9.17, 15) is 19.5 Å². The van der Waals surface area contributed by atoms with Gasteiger partial charge < -0.3 is 20.5 Å². The maximum atomic E-state index is 13.4. The Bertz CT molecular complexity index is 1020. The zero-order chi connectivity index (χ0) is 26.5. The summed E-state index contributed by atoms with van der Waals surface area (Å²) in [5.74, 6) is -1.69. The summed E-state index contributed by atoms with van der Waals surface area (Å²) in [5.41, 5.74) is 1.88. The Morgan fingerprint density at radius 1 is 1.05 bits per heavy atom. The van der Waals surface area contributed by atoms with Gasteiger partial charge in [-0.3, -0.25) is 14.4 Å². The van der Waals surface area contributed by atoms with Crippen molar-refractivity contribution in [2.75, 3.05) is 13.2 Å². The molecule has 3 rings (SSSR count). The number of aliphatic hydroxyl groups excluding tert-OH is 1. The van der Waals surface area contributed by atoms with Crippen LogP contribution in [0.5, 0.6) is 0 Å². The number of rotatable bonds is 7. The number of carbonyl (C=O) groups excluding carboxylic acids is 3. The van der Waals surface area contributed by atoms with Gasteiger partial charge in [-0.1, -0.05) is 72.8 Å². The van der Waals surface area contributed by atoms with Crippen molar-refractivity contribution in [1.29, 1.82) is 0 Å². The van der Waals surface area contributed by atoms with Gasteiger partial charge in [0.15, 0.2) is 0 Å². The fourth-order valence-corrected chi connectivity index (χ4v) is 4.42. The molecule has 0 fully saturated rings. The van der Waals surface area contributed by atoms with Crippen LogP contribution in [-0.4, -0.2) is 42.1 Å². The molecule has 0 radical (unpaired) electrons. The van der Waals surface area contributed by atoms with E-state index < -0.39 is 12.0 Å². The molecule has 7 heteroatoms. The predicted octanol–water partition coefficient (Wildman–Crippen LogP) is 3.88. The molecule has 0 spiro atoms. The number of hydrogen-bond donors (Lipinski definition) is 3. The lowest BCUT2D eigenvalue weighted by Gasteiger charge is -2.24. The molecule has 2 amide bonds. The second kappa shape index (κ2) is 15.0. The third-order valence-corrected chi connectivity index (χ3v) is 6.54. The van der Waals surface area contributed by atoms with Crippen molar-refractivity contribution >= 4 is 17.8 Å². The Kier molecular flexibility index (Phi) is 11.4. The Morgan fingerprint density at radius 2 is 1.76 bits per heavy atom. The average molecular weight is 507 g/mol. The van der Waals surface area contributed by atoms with Gasteiger partial charge in [0.05, 0.1) is 25.0 Å². The summed E-state index contributed by atoms with van der Waals surface area (Å²) in [7, 11) is 0. The minimum Gasteiger partial charge on any atom is -0.455 e. The fraction of sp³-hybridized carbons (Fsp3) is 0.433. The first-order chi connectivity index (χ1) is 18.0. The van der Waals surface area contributed by atoms with E-state index in [-0.39, 0.29) is 49.3 Å². The summed E-state index contributed by atoms with van der Waals surface area (Å²) in [6, 6.07) is 18.9. The lowest BCUT2D eigenvalue weighted by Crippen LogP contribution is -2.40. The third kappa shape index (κ3) is 9.50. The molecule has 0 bridgehead atoms. The highest BCUT2D eigenvalue weighted by Crippen LogP contribution is 2.24. The molecule has 7 nitrogen and oxygen atoms in total. The van der Waals surface area contributed by atoms with Crippen LogP contribution in [-0.2, 0) is 25.5 Å². The Labute approximate surface area is 219 Å². The van der Waals surface area contributed by atoms with E-state index in [0.29, 0.717) is 19.3 Å². The van der Waals surface area contributed by atoms with E-state index in [1.807, 2.05) is 72.8 Å². The first-order valence-electron chi connectivity index (χ1n) is 13.1. The monoisotopic (exact) mass is 506 g/mol. The number of nitrogens with one attached hydrogen (secondary N) is 2. The summed E-state index contributed by atoms with van der Waals surface area (Å²) in [4.78, 5) is 38.9. The molecule has 1 heterocycles. The maximum Gasteiger partial charge on any atom is 0.309 e. The van der Waals surface area contributed by atoms with E-state index in [2.05, 4.69) is 10.6 Å². The Morgan fingerprint density at radius 3 is 2.46 bits per heavy atom. The van der Waals surface area contributed by atoms with Gasteiger partial charge in [0.2, 0.25) is 11.8 Å². The lowest BCUT2D eigenvalue weighted by molar-refractivity contribution is -0.155. The predicted molar refractivity (Wildman–Crippen MR) is 142 cm³/mol. The molecule has 0 saturated carbocycles. The molecule has 2 aromatic carbocycles. The van der Waals surface area contributed by atoms with Crippen molar-refractivity contribution < 1.29 is 24.2 Å². The summed E-state index contributed by atoms with van der Waals surface area (Å²) in [6.45, 7) is 1.65. The van der Waals surface area contributed by atoms with Gasteiger partial charge in [0.25, 0.3) is 0 Å². The van der Waals surface area contributed by atoms with E-state index >= 15 is 0 Å². The second-order valence-electron chi connectivity index (χ2n) is 9.66. The zero-order valence-corrected chi connectivity index (χ0v) is 21.5. The first-order valence-corrected chi connectivity index (χ1v) is 13.1. The van der Waals surface area contributed by atoms with Gasteiger partial charge in [0.1, 0.15) is 6.10 Å². The number of carbonyl (C=O) groups is 3. The van der Waals surface area contributed by atoms with E-state index in [4.69, 9.17) is 4.74 Å². The van der Waals surface area contributed by atoms with Crippen molar-refractivity contribution in [2.24, 2.45) is 11.8 Å². The normalized spacial score (nSPS) is 22.3. The Hall–Kier alpha value is -3.45. The molecule has 0 saturated heterocycles. The molecule has 0 unspecified atom stereocenters. The summed E-state index contributed by atoms with van der Waals surface area (Å²) in [5, 5.41) is 14.8. The van der Waals surface area contributed by atoms with Gasteiger partial charge in [-0.25, -0.2) is 0 Å². The summed E-state index contributed by atoms with van der Waals surface area (Å²) < 4.78 is 6.02. The molecule has 198 valence electrons. The third-order valence-electron chi connectivity index (χ3n) is 6.54. The van der Waals surface area contributed by atoms with E-state index in [1.54, 1.807) is 6.92 Å². The molecule has 1 aliphatic rings. The lowest BCUT2D eigenvalue weighted by atomic mass is 9.93. The van der Waals surface area contributed by atoms with Crippen LogP contribution in [0, 0.1) is 11.8 Å². The van der Waals surface area contributed by atoms with Gasteiger partial charge in [0, 0.05) is 12.5 Å². The average Bonchev–Trinajstić information content (AvgIpc) is 2.91. The maximum absolute atomic E-state index is 13.4. The molecule has 3 N–H and O–H groups in total. The highest BCUT2D eigenvalue weighted by atomic mass is 16.5. The molecule has 2 aromatic rings. The van der Waals surface area contributed by atoms with Crippen molar-refractivity contribution in [3.63, 3.8) is 0 Å². The van der Waals surface area contributed by atoms with Crippen molar-refractivity contribution in [3.05, 3.63) is 83.9 Å². The van der Waals surface area contributed by atoms with Crippen LogP contribution >= 0.6 is 0 Å². The molecule has 0 aliphatic carbocycles. The second-order valence-corrected chi connectivity index (χ2v) is 9.66. The number of esters is 1. The van der Waals surface area contributed by atoms with Crippen LogP contribution in [0.3, 0.4) is 0 Å². The number of hydrogen-bond acceptors (Lipinski definition) is 5. The van der Waals surface area contributed by atoms with Gasteiger partial charge in [-0.05, 0) is 50.2 Å². The van der Waals surface area contributed by atoms with Crippen molar-refractivity contribution in [2.45, 2.75) is 57.6 Å². The fourth-order valence-electron chi connectivity index (χ4n) is 4.42. The molecule has 37 heavy (non-hydrogen) atoms. The molecular weight excluding hydrogens is 468 g/mol. The standard InChI is InChI=1S/C30H38N2O5/c1-22(21-33)32-28(34)19-25-16-8-2-3-9-17-26(18-23-12-6-4-7-13-23)30(36)37-27(20-31-29(25)35)24-14-10-5-11-15-24/h2,4-8,10-15,22,25-27,33H,3,9,16-21H2,1H3,(H,31,35)(H,32,34)/t22-,25+,26+,27+/m0/s1. The Balaban J connectivity index is 1.78. The van der Waals surface area contributed by atoms with Crippen LogP contribution in [0.2, 0.25) is 0 Å². The smallest absolute Gasteiger partial charge is 0.309 e. The largest absolute Gasteiger partial charge is 0.455 e. The molecule has 0 aromatic heterocycles. The number of aliphatic hydroxyl groups is 1. The molecule has 4 atom stereocenters. The number of ether oxygens (including phenoxy) is 1. The zero-order valence-electron chi connectivity index (χ0n) is 21.5. The van der Waals surface area contributed by atoms with Gasteiger partial charge in [-0.15, -0.1) is 0 Å². The summed E-state index contributed by atoms with van der Waals surface area (Å²) >= 11 is 0. The van der Waals surface area contributed by atoms with Crippen LogP contribution < -0.4 is 10.6 Å². The quantitative estimate of drug-likeness (QED) is 0.391. The molecular formula is C30H38N2O5. The van der Waals surface area contributed by atoms with Gasteiger partial charge in [-0.2, -0.15) is 0 Å². The van der Waals surface area contributed by atoms with E-state index in [1.165, 1.54) is 0 Å². The number of allylic oxidation sites excluding steroid dienone is 2. The SMILES string of the molecule is C[C@@H](CO)NC(=O)C[C@H]1CC=CCCC[C@H](Cc2ccccc2)C(=O)O[C@@H](c2ccccc2)CNC1=O. The number of benzene rings is 2. The highest BCUT2D eigenvalue weighted by Gasteiger charge is 2.27. The topological polar surface area (TPSA) is 105 Å². The minimum absolute atomic E-state index is 0.00938. The van der Waals surface area contributed by atoms with Crippen LogP contribution in [0.15, 0.2) is 72.8 Å². The van der Waals surface area contributed by atoms with Crippen LogP contribution in [0.1, 0.15) is 56.3 Å². The minimum atomic E-state index is -0.640. The molecule has 1 aliphatic heterocycles. The van der Waals surface area contributed by atoms with Gasteiger partial charge >= 0.3 is 5.97 Å². The van der Waals surface area contributed by atoms with Crippen LogP contribution in [0.4, 0.5) is 0 Å². The highest BCUT2D eigenvalue weighted by molar-refractivity contribution is 5.86. The van der Waals surface area contributed by atoms with E-state index in [0.717, 1.165) is 24.0 Å². The van der Waals surface area contributed by atoms with Crippen molar-refractivity contribution in [1.82, 2.24) is 10.6 Å².